The average molecular weight is 345 g/mol. The number of aromatic amines is 1. The number of carbonyl (C=O) groups is 1. The lowest BCUT2D eigenvalue weighted by molar-refractivity contribution is 0.0595. The Labute approximate surface area is 148 Å². The number of hydrogen-bond acceptors (Lipinski definition) is 4. The Morgan fingerprint density at radius 1 is 1.20 bits per heavy atom. The molecule has 5 heteroatoms. The zero-order chi connectivity index (χ0) is 17.8. The van der Waals surface area contributed by atoms with Gasteiger partial charge in [-0.15, -0.1) is 0 Å². The molecule has 1 aliphatic carbocycles. The van der Waals surface area contributed by atoms with Gasteiger partial charge in [0.05, 0.1) is 25.3 Å². The lowest BCUT2D eigenvalue weighted by atomic mass is 9.90. The average Bonchev–Trinajstić information content (AvgIpc) is 3.04. The van der Waals surface area contributed by atoms with E-state index in [-0.39, 0.29) is 6.10 Å². The number of H-pyrrole nitrogens is 1. The Bertz CT molecular complexity index is 729. The Balaban J connectivity index is 1.85. The number of benzene rings is 1. The molecule has 1 fully saturated rings. The number of nitrogens with one attached hydrogen (secondary N) is 1. The Morgan fingerprint density at radius 3 is 2.64 bits per heavy atom. The van der Waals surface area contributed by atoms with E-state index in [9.17, 15) is 4.79 Å². The van der Waals surface area contributed by atoms with Crippen molar-refractivity contribution >= 4 is 16.9 Å². The van der Waals surface area contributed by atoms with Crippen LogP contribution in [-0.2, 0) is 4.74 Å². The van der Waals surface area contributed by atoms with Crippen molar-refractivity contribution in [2.45, 2.75) is 52.1 Å². The maximum atomic E-state index is 11.8. The molecule has 1 aromatic carbocycles. The van der Waals surface area contributed by atoms with Crippen LogP contribution in [0.5, 0.6) is 11.5 Å². The van der Waals surface area contributed by atoms with Crippen LogP contribution in [0.4, 0.5) is 0 Å². The summed E-state index contributed by atoms with van der Waals surface area (Å²) >= 11 is 0. The number of hydrogen-bond donors (Lipinski definition) is 1. The van der Waals surface area contributed by atoms with Crippen molar-refractivity contribution in [1.82, 2.24) is 4.98 Å². The van der Waals surface area contributed by atoms with Gasteiger partial charge in [0.15, 0.2) is 0 Å². The van der Waals surface area contributed by atoms with Crippen LogP contribution < -0.4 is 9.47 Å². The van der Waals surface area contributed by atoms with Gasteiger partial charge in [-0.25, -0.2) is 4.79 Å². The zero-order valence-corrected chi connectivity index (χ0v) is 15.3. The maximum absolute atomic E-state index is 11.8. The molecule has 0 bridgehead atoms. The number of methoxy groups -OCH3 is 1. The number of rotatable bonds is 6. The first kappa shape index (κ1) is 17.6. The molecule has 25 heavy (non-hydrogen) atoms. The van der Waals surface area contributed by atoms with Crippen LogP contribution in [0.3, 0.4) is 0 Å². The van der Waals surface area contributed by atoms with Crippen molar-refractivity contribution < 1.29 is 19.0 Å². The Morgan fingerprint density at radius 2 is 1.96 bits per heavy atom. The SMILES string of the molecule is COC(=O)c1cc2c(OC(C)C)cc(OCC3CCCCC3)cc2[nH]1. The summed E-state index contributed by atoms with van der Waals surface area (Å²) < 4.78 is 16.8. The van der Waals surface area contributed by atoms with E-state index in [0.29, 0.717) is 11.6 Å². The fourth-order valence-corrected chi connectivity index (χ4v) is 3.40. The van der Waals surface area contributed by atoms with E-state index in [4.69, 9.17) is 14.2 Å². The normalized spacial score (nSPS) is 15.5. The van der Waals surface area contributed by atoms with Crippen LogP contribution in [0.2, 0.25) is 0 Å². The summed E-state index contributed by atoms with van der Waals surface area (Å²) in [6.07, 6.45) is 6.46. The fraction of sp³-hybridized carbons (Fsp3) is 0.550. The molecule has 0 unspecified atom stereocenters. The molecule has 0 aliphatic heterocycles. The Hall–Kier alpha value is -2.17. The van der Waals surface area contributed by atoms with Crippen molar-refractivity contribution in [3.8, 4) is 11.5 Å². The number of ether oxygens (including phenoxy) is 3. The first-order valence-electron chi connectivity index (χ1n) is 9.11. The van der Waals surface area contributed by atoms with Gasteiger partial charge in [0.2, 0.25) is 0 Å². The summed E-state index contributed by atoms with van der Waals surface area (Å²) in [5, 5.41) is 0.860. The molecule has 2 aromatic rings. The van der Waals surface area contributed by atoms with Gasteiger partial charge in [0.1, 0.15) is 17.2 Å². The number of aromatic nitrogens is 1. The van der Waals surface area contributed by atoms with Gasteiger partial charge in [-0.3, -0.25) is 0 Å². The van der Waals surface area contributed by atoms with Gasteiger partial charge in [-0.05, 0) is 38.7 Å². The van der Waals surface area contributed by atoms with Crippen LogP contribution in [0.1, 0.15) is 56.4 Å². The molecule has 3 rings (SSSR count). The van der Waals surface area contributed by atoms with Crippen molar-refractivity contribution in [3.05, 3.63) is 23.9 Å². The van der Waals surface area contributed by atoms with Gasteiger partial charge in [-0.1, -0.05) is 19.3 Å². The summed E-state index contributed by atoms with van der Waals surface area (Å²) in [7, 11) is 1.37. The van der Waals surface area contributed by atoms with Crippen LogP contribution in [0.25, 0.3) is 10.9 Å². The highest BCUT2D eigenvalue weighted by Crippen LogP contribution is 2.33. The van der Waals surface area contributed by atoms with Gasteiger partial charge < -0.3 is 19.2 Å². The van der Waals surface area contributed by atoms with Crippen LogP contribution in [0.15, 0.2) is 18.2 Å². The minimum absolute atomic E-state index is 0.0354. The quantitative estimate of drug-likeness (QED) is 0.771. The molecule has 0 radical (unpaired) electrons. The summed E-state index contributed by atoms with van der Waals surface area (Å²) in [4.78, 5) is 14.9. The molecule has 1 heterocycles. The van der Waals surface area contributed by atoms with E-state index in [1.807, 2.05) is 26.0 Å². The van der Waals surface area contributed by atoms with E-state index in [2.05, 4.69) is 4.98 Å². The van der Waals surface area contributed by atoms with E-state index in [1.54, 1.807) is 6.07 Å². The molecule has 1 N–H and O–H groups in total. The number of carbonyl (C=O) groups excluding carboxylic acids is 1. The molecule has 0 spiro atoms. The van der Waals surface area contributed by atoms with E-state index in [1.165, 1.54) is 39.2 Å². The first-order valence-corrected chi connectivity index (χ1v) is 9.11. The van der Waals surface area contributed by atoms with Crippen molar-refractivity contribution in [1.29, 1.82) is 0 Å². The highest BCUT2D eigenvalue weighted by Gasteiger charge is 2.17. The molecule has 1 aliphatic rings. The minimum Gasteiger partial charge on any atom is -0.493 e. The van der Waals surface area contributed by atoms with Gasteiger partial charge in [-0.2, -0.15) is 0 Å². The smallest absolute Gasteiger partial charge is 0.354 e. The molecule has 0 saturated heterocycles. The molecule has 0 atom stereocenters. The third-order valence-electron chi connectivity index (χ3n) is 4.65. The third kappa shape index (κ3) is 4.27. The molecular formula is C20H27NO4. The second kappa shape index (κ2) is 7.81. The summed E-state index contributed by atoms with van der Waals surface area (Å²) in [6.45, 7) is 4.70. The number of fused-ring (bicyclic) bond motifs is 1. The lowest BCUT2D eigenvalue weighted by Gasteiger charge is -2.22. The molecule has 0 amide bonds. The molecule has 1 saturated carbocycles. The predicted octanol–water partition coefficient (Wildman–Crippen LogP) is 4.70. The maximum Gasteiger partial charge on any atom is 0.354 e. The standard InChI is InChI=1S/C20H27NO4/c1-13(2)25-19-10-15(24-12-14-7-5-4-6-8-14)9-17-16(19)11-18(21-17)20(22)23-3/h9-11,13-14,21H,4-8,12H2,1-3H3. The topological polar surface area (TPSA) is 60.6 Å². The molecule has 5 nitrogen and oxygen atoms in total. The van der Waals surface area contributed by atoms with E-state index >= 15 is 0 Å². The largest absolute Gasteiger partial charge is 0.493 e. The number of esters is 1. The van der Waals surface area contributed by atoms with Gasteiger partial charge in [0, 0.05) is 17.5 Å². The zero-order valence-electron chi connectivity index (χ0n) is 15.3. The minimum atomic E-state index is -0.392. The highest BCUT2D eigenvalue weighted by molar-refractivity contribution is 5.97. The monoisotopic (exact) mass is 345 g/mol. The molecule has 136 valence electrons. The van der Waals surface area contributed by atoms with Crippen molar-refractivity contribution in [3.63, 3.8) is 0 Å². The van der Waals surface area contributed by atoms with Gasteiger partial charge >= 0.3 is 5.97 Å². The lowest BCUT2D eigenvalue weighted by Crippen LogP contribution is -2.15. The third-order valence-corrected chi connectivity index (χ3v) is 4.65. The second-order valence-corrected chi connectivity index (χ2v) is 7.04. The first-order chi connectivity index (χ1) is 12.1. The highest BCUT2D eigenvalue weighted by atomic mass is 16.5. The fourth-order valence-electron chi connectivity index (χ4n) is 3.40. The van der Waals surface area contributed by atoms with E-state index in [0.717, 1.165) is 29.0 Å². The van der Waals surface area contributed by atoms with E-state index < -0.39 is 5.97 Å². The summed E-state index contributed by atoms with van der Waals surface area (Å²) in [6, 6.07) is 5.61. The summed E-state index contributed by atoms with van der Waals surface area (Å²) in [5.41, 5.74) is 1.23. The van der Waals surface area contributed by atoms with Crippen molar-refractivity contribution in [2.24, 2.45) is 5.92 Å². The van der Waals surface area contributed by atoms with Crippen LogP contribution in [-0.4, -0.2) is 30.8 Å². The van der Waals surface area contributed by atoms with Crippen LogP contribution >= 0.6 is 0 Å². The van der Waals surface area contributed by atoms with Gasteiger partial charge in [0.25, 0.3) is 0 Å². The second-order valence-electron chi connectivity index (χ2n) is 7.04. The molecular weight excluding hydrogens is 318 g/mol. The Kier molecular flexibility index (Phi) is 5.51. The molecule has 1 aromatic heterocycles. The summed E-state index contributed by atoms with van der Waals surface area (Å²) in [5.74, 6) is 1.73. The van der Waals surface area contributed by atoms with Crippen molar-refractivity contribution in [2.75, 3.05) is 13.7 Å². The predicted molar refractivity (Wildman–Crippen MR) is 97.5 cm³/mol. The van der Waals surface area contributed by atoms with Crippen LogP contribution in [0, 0.1) is 5.92 Å².